The summed E-state index contributed by atoms with van der Waals surface area (Å²) in [6, 6.07) is 7.91. The zero-order valence-electron chi connectivity index (χ0n) is 12.4. The number of nitrogens with one attached hydrogen (secondary N) is 1. The van der Waals surface area contributed by atoms with Gasteiger partial charge in [0.1, 0.15) is 0 Å². The molecule has 1 N–H and O–H groups in total. The molecule has 0 bridgehead atoms. The molecule has 1 amide bonds. The lowest BCUT2D eigenvalue weighted by atomic mass is 9.88. The average molecular weight is 308 g/mol. The lowest BCUT2D eigenvalue weighted by Crippen LogP contribution is -2.53. The smallest absolute Gasteiger partial charge is 0.229 e. The highest BCUT2D eigenvalue weighted by Gasteiger charge is 2.39. The van der Waals surface area contributed by atoms with Crippen molar-refractivity contribution in [2.45, 2.75) is 13.3 Å². The monoisotopic (exact) mass is 307 g/mol. The summed E-state index contributed by atoms with van der Waals surface area (Å²) in [4.78, 5) is 17.0. The molecule has 1 aromatic rings. The van der Waals surface area contributed by atoms with Crippen LogP contribution in [0, 0.1) is 5.41 Å². The molecule has 3 rings (SSSR count). The molecule has 2 aliphatic rings. The van der Waals surface area contributed by atoms with Gasteiger partial charge in [-0.05, 0) is 32.0 Å². The molecule has 1 atom stereocenters. The third kappa shape index (κ3) is 2.87. The number of rotatable bonds is 2. The maximum atomic E-state index is 12.7. The van der Waals surface area contributed by atoms with Crippen molar-refractivity contribution in [3.05, 3.63) is 29.3 Å². The molecule has 0 radical (unpaired) electrons. The number of halogens is 1. The highest BCUT2D eigenvalue weighted by Crippen LogP contribution is 2.29. The van der Waals surface area contributed by atoms with Gasteiger partial charge in [0.15, 0.2) is 0 Å². The molecule has 0 saturated carbocycles. The molecule has 1 aromatic carbocycles. The zero-order chi connectivity index (χ0) is 14.9. The summed E-state index contributed by atoms with van der Waals surface area (Å²) in [5.74, 6) is 0.298. The molecule has 0 spiro atoms. The number of carbonyl (C=O) groups excluding carboxylic acids is 1. The van der Waals surface area contributed by atoms with Crippen molar-refractivity contribution in [2.75, 3.05) is 44.2 Å². The lowest BCUT2D eigenvalue weighted by molar-refractivity contribution is -0.140. The van der Waals surface area contributed by atoms with Crippen LogP contribution in [0.15, 0.2) is 24.3 Å². The Morgan fingerprint density at radius 3 is 2.57 bits per heavy atom. The Morgan fingerprint density at radius 2 is 1.95 bits per heavy atom. The minimum absolute atomic E-state index is 0.216. The summed E-state index contributed by atoms with van der Waals surface area (Å²) in [6.45, 7) is 7.07. The Hall–Kier alpha value is -1.26. The van der Waals surface area contributed by atoms with Crippen LogP contribution in [0.1, 0.15) is 13.3 Å². The summed E-state index contributed by atoms with van der Waals surface area (Å²) in [5.41, 5.74) is 0.854. The van der Waals surface area contributed by atoms with Crippen LogP contribution in [0.4, 0.5) is 5.69 Å². The fourth-order valence-electron chi connectivity index (χ4n) is 3.24. The maximum Gasteiger partial charge on any atom is 0.229 e. The highest BCUT2D eigenvalue weighted by atomic mass is 35.5. The molecule has 0 aliphatic carbocycles. The SMILES string of the molecule is CC1(C(=O)N2CCN(c3ccccc3Cl)CC2)CCNC1. The van der Waals surface area contributed by atoms with Gasteiger partial charge in [-0.3, -0.25) is 4.79 Å². The van der Waals surface area contributed by atoms with Gasteiger partial charge < -0.3 is 15.1 Å². The van der Waals surface area contributed by atoms with E-state index in [4.69, 9.17) is 11.6 Å². The van der Waals surface area contributed by atoms with Crippen molar-refractivity contribution in [2.24, 2.45) is 5.41 Å². The Morgan fingerprint density at radius 1 is 1.24 bits per heavy atom. The first-order valence-electron chi connectivity index (χ1n) is 7.60. The second-order valence-corrected chi connectivity index (χ2v) is 6.63. The van der Waals surface area contributed by atoms with E-state index < -0.39 is 0 Å². The second-order valence-electron chi connectivity index (χ2n) is 6.22. The number of piperazine rings is 1. The Kier molecular flexibility index (Phi) is 4.09. The summed E-state index contributed by atoms with van der Waals surface area (Å²) >= 11 is 6.25. The van der Waals surface area contributed by atoms with E-state index in [9.17, 15) is 4.79 Å². The van der Waals surface area contributed by atoms with Crippen molar-refractivity contribution in [1.82, 2.24) is 10.2 Å². The van der Waals surface area contributed by atoms with E-state index in [1.165, 1.54) is 0 Å². The molecule has 2 saturated heterocycles. The van der Waals surface area contributed by atoms with Crippen molar-refractivity contribution >= 4 is 23.2 Å². The van der Waals surface area contributed by atoms with E-state index in [1.807, 2.05) is 29.2 Å². The van der Waals surface area contributed by atoms with Gasteiger partial charge in [0.2, 0.25) is 5.91 Å². The molecule has 5 heteroatoms. The van der Waals surface area contributed by atoms with Gasteiger partial charge in [-0.25, -0.2) is 0 Å². The first kappa shape index (κ1) is 14.7. The number of nitrogens with zero attached hydrogens (tertiary/aromatic N) is 2. The van der Waals surface area contributed by atoms with Gasteiger partial charge in [-0.2, -0.15) is 0 Å². The molecular weight excluding hydrogens is 286 g/mol. The molecule has 114 valence electrons. The van der Waals surface area contributed by atoms with Crippen molar-refractivity contribution in [1.29, 1.82) is 0 Å². The predicted octanol–water partition coefficient (Wildman–Crippen LogP) is 1.99. The first-order valence-corrected chi connectivity index (χ1v) is 7.97. The fraction of sp³-hybridized carbons (Fsp3) is 0.562. The van der Waals surface area contributed by atoms with Crippen molar-refractivity contribution in [3.8, 4) is 0 Å². The standard InChI is InChI=1S/C16H22ClN3O/c1-16(6-7-18-12-16)15(21)20-10-8-19(9-11-20)14-5-3-2-4-13(14)17/h2-5,18H,6-12H2,1H3. The summed E-state index contributed by atoms with van der Waals surface area (Å²) in [7, 11) is 0. The first-order chi connectivity index (χ1) is 10.1. The quantitative estimate of drug-likeness (QED) is 0.907. The molecule has 2 fully saturated rings. The molecule has 21 heavy (non-hydrogen) atoms. The van der Waals surface area contributed by atoms with Crippen LogP contribution < -0.4 is 10.2 Å². The van der Waals surface area contributed by atoms with Crippen molar-refractivity contribution < 1.29 is 4.79 Å². The predicted molar refractivity (Wildman–Crippen MR) is 85.8 cm³/mol. The summed E-state index contributed by atoms with van der Waals surface area (Å²) < 4.78 is 0. The van der Waals surface area contributed by atoms with Crippen LogP contribution >= 0.6 is 11.6 Å². The van der Waals surface area contributed by atoms with Crippen LogP contribution in [0.2, 0.25) is 5.02 Å². The van der Waals surface area contributed by atoms with E-state index in [0.717, 1.165) is 56.4 Å². The summed E-state index contributed by atoms with van der Waals surface area (Å²) in [5, 5.41) is 4.08. The van der Waals surface area contributed by atoms with E-state index >= 15 is 0 Å². The summed E-state index contributed by atoms with van der Waals surface area (Å²) in [6.07, 6.45) is 0.941. The van der Waals surface area contributed by atoms with Crippen LogP contribution in [0.5, 0.6) is 0 Å². The number of para-hydroxylation sites is 1. The van der Waals surface area contributed by atoms with Crippen molar-refractivity contribution in [3.63, 3.8) is 0 Å². The topological polar surface area (TPSA) is 35.6 Å². The minimum Gasteiger partial charge on any atom is -0.367 e. The Balaban J connectivity index is 1.63. The van der Waals surface area contributed by atoms with E-state index in [1.54, 1.807) is 0 Å². The Bertz CT molecular complexity index is 520. The van der Waals surface area contributed by atoms with Crippen LogP contribution in [0.3, 0.4) is 0 Å². The number of amides is 1. The van der Waals surface area contributed by atoms with Gasteiger partial charge in [-0.15, -0.1) is 0 Å². The molecule has 4 nitrogen and oxygen atoms in total. The third-order valence-corrected chi connectivity index (χ3v) is 4.96. The lowest BCUT2D eigenvalue weighted by Gasteiger charge is -2.39. The maximum absolute atomic E-state index is 12.7. The van der Waals surface area contributed by atoms with E-state index in [0.29, 0.717) is 5.91 Å². The van der Waals surface area contributed by atoms with Crippen LogP contribution in [-0.2, 0) is 4.79 Å². The third-order valence-electron chi connectivity index (χ3n) is 4.65. The molecule has 1 unspecified atom stereocenters. The average Bonchev–Trinajstić information content (AvgIpc) is 2.95. The molecule has 0 aromatic heterocycles. The second kappa shape index (κ2) is 5.85. The zero-order valence-corrected chi connectivity index (χ0v) is 13.2. The highest BCUT2D eigenvalue weighted by molar-refractivity contribution is 6.33. The number of anilines is 1. The number of benzene rings is 1. The normalized spacial score (nSPS) is 26.2. The fourth-order valence-corrected chi connectivity index (χ4v) is 3.50. The van der Waals surface area contributed by atoms with Crippen LogP contribution in [0.25, 0.3) is 0 Å². The van der Waals surface area contributed by atoms with E-state index in [-0.39, 0.29) is 5.41 Å². The number of hydrogen-bond acceptors (Lipinski definition) is 3. The van der Waals surface area contributed by atoms with E-state index in [2.05, 4.69) is 17.1 Å². The van der Waals surface area contributed by atoms with Gasteiger partial charge >= 0.3 is 0 Å². The van der Waals surface area contributed by atoms with Crippen LogP contribution in [-0.4, -0.2) is 50.1 Å². The Labute approximate surface area is 131 Å². The molecular formula is C16H22ClN3O. The van der Waals surface area contributed by atoms with Gasteiger partial charge in [0.25, 0.3) is 0 Å². The van der Waals surface area contributed by atoms with Gasteiger partial charge in [0.05, 0.1) is 16.1 Å². The van der Waals surface area contributed by atoms with Gasteiger partial charge in [-0.1, -0.05) is 23.7 Å². The number of hydrogen-bond donors (Lipinski definition) is 1. The van der Waals surface area contributed by atoms with Gasteiger partial charge in [0, 0.05) is 32.7 Å². The largest absolute Gasteiger partial charge is 0.367 e. The molecule has 2 heterocycles. The minimum atomic E-state index is -0.216. The molecule has 2 aliphatic heterocycles. The number of carbonyl (C=O) groups is 1.